The Morgan fingerprint density at radius 3 is 2.65 bits per heavy atom. The van der Waals surface area contributed by atoms with Gasteiger partial charge in [-0.3, -0.25) is 0 Å². The van der Waals surface area contributed by atoms with Crippen LogP contribution in [0.2, 0.25) is 5.15 Å². The highest BCUT2D eigenvalue weighted by Crippen LogP contribution is 2.63. The lowest BCUT2D eigenvalue weighted by molar-refractivity contribution is 0.155. The molecule has 2 bridgehead atoms. The van der Waals surface area contributed by atoms with Gasteiger partial charge >= 0.3 is 0 Å². The first-order valence-corrected chi connectivity index (χ1v) is 7.29. The second-order valence-electron chi connectivity index (χ2n) is 6.40. The molecule has 2 aliphatic carbocycles. The number of anilines is 1. The Morgan fingerprint density at radius 1 is 1.35 bits per heavy atom. The molecule has 94 valence electrons. The maximum Gasteiger partial charge on any atom is 0.186 e. The summed E-state index contributed by atoms with van der Waals surface area (Å²) in [4.78, 5) is 0. The van der Waals surface area contributed by atoms with Crippen molar-refractivity contribution < 1.29 is 0 Å². The zero-order valence-corrected chi connectivity index (χ0v) is 12.0. The van der Waals surface area contributed by atoms with Crippen LogP contribution in [0.1, 0.15) is 40.0 Å². The van der Waals surface area contributed by atoms with Gasteiger partial charge in [0.05, 0.1) is 11.7 Å². The second-order valence-corrected chi connectivity index (χ2v) is 7.28. The van der Waals surface area contributed by atoms with Gasteiger partial charge in [0, 0.05) is 6.04 Å². The average Bonchev–Trinajstić information content (AvgIpc) is 2.85. The molecule has 1 N–H and O–H groups in total. The topological polar surface area (TPSA) is 37.8 Å². The lowest BCUT2D eigenvalue weighted by Crippen LogP contribution is -2.45. The fourth-order valence-corrected chi connectivity index (χ4v) is 4.72. The van der Waals surface area contributed by atoms with Gasteiger partial charge in [-0.15, -0.1) is 0 Å². The molecule has 0 aromatic carbocycles. The van der Waals surface area contributed by atoms with Crippen LogP contribution >= 0.6 is 23.3 Å². The van der Waals surface area contributed by atoms with Crippen molar-refractivity contribution >= 4 is 29.1 Å². The van der Waals surface area contributed by atoms with E-state index in [1.165, 1.54) is 31.0 Å². The minimum atomic E-state index is 0.319. The van der Waals surface area contributed by atoms with Crippen molar-refractivity contribution in [3.8, 4) is 0 Å². The van der Waals surface area contributed by atoms with Gasteiger partial charge in [0.25, 0.3) is 0 Å². The van der Waals surface area contributed by atoms with E-state index in [0.29, 0.717) is 22.0 Å². The summed E-state index contributed by atoms with van der Waals surface area (Å²) in [6.07, 6.45) is 4.01. The molecule has 17 heavy (non-hydrogen) atoms. The molecule has 2 saturated carbocycles. The molecule has 0 radical (unpaired) electrons. The molecule has 0 saturated heterocycles. The summed E-state index contributed by atoms with van der Waals surface area (Å²) >= 11 is 7.21. The molecule has 0 spiro atoms. The summed E-state index contributed by atoms with van der Waals surface area (Å²) in [5.41, 5.74) is 0.709. The molecular formula is C12H18ClN3S. The minimum absolute atomic E-state index is 0.319. The number of nitrogens with zero attached hydrogens (tertiary/aromatic N) is 2. The molecule has 3 nitrogen and oxygen atoms in total. The summed E-state index contributed by atoms with van der Waals surface area (Å²) < 4.78 is 8.27. The Labute approximate surface area is 111 Å². The molecule has 1 aromatic rings. The molecule has 1 heterocycles. The lowest BCUT2D eigenvalue weighted by atomic mass is 9.68. The van der Waals surface area contributed by atoms with Crippen molar-refractivity contribution in [2.24, 2.45) is 16.7 Å². The Bertz CT molecular complexity index is 440. The Hall–Kier alpha value is -0.350. The van der Waals surface area contributed by atoms with Gasteiger partial charge in [-0.05, 0) is 36.0 Å². The number of hydrogen-bond donors (Lipinski definition) is 1. The molecule has 2 fully saturated rings. The van der Waals surface area contributed by atoms with Crippen molar-refractivity contribution in [1.29, 1.82) is 0 Å². The van der Waals surface area contributed by atoms with Gasteiger partial charge in [-0.25, -0.2) is 0 Å². The molecule has 2 aliphatic rings. The van der Waals surface area contributed by atoms with E-state index in [4.69, 9.17) is 11.6 Å². The van der Waals surface area contributed by atoms with E-state index in [-0.39, 0.29) is 0 Å². The van der Waals surface area contributed by atoms with Crippen molar-refractivity contribution in [3.05, 3.63) is 5.15 Å². The van der Waals surface area contributed by atoms with Crippen molar-refractivity contribution in [2.75, 3.05) is 5.32 Å². The van der Waals surface area contributed by atoms with Gasteiger partial charge in [-0.1, -0.05) is 32.4 Å². The summed E-state index contributed by atoms with van der Waals surface area (Å²) in [5, 5.41) is 4.07. The fraction of sp³-hybridized carbons (Fsp3) is 0.833. The van der Waals surface area contributed by atoms with Crippen LogP contribution in [0.3, 0.4) is 0 Å². The summed E-state index contributed by atoms with van der Waals surface area (Å²) in [7, 11) is 0. The highest BCUT2D eigenvalue weighted by atomic mass is 35.5. The molecular weight excluding hydrogens is 254 g/mol. The monoisotopic (exact) mass is 271 g/mol. The van der Waals surface area contributed by atoms with E-state index in [1.807, 2.05) is 0 Å². The number of fused-ring (bicyclic) bond motifs is 2. The quantitative estimate of drug-likeness (QED) is 0.889. The minimum Gasteiger partial charge on any atom is -0.363 e. The van der Waals surface area contributed by atoms with E-state index in [1.54, 1.807) is 0 Å². The highest BCUT2D eigenvalue weighted by Gasteiger charge is 2.59. The van der Waals surface area contributed by atoms with Gasteiger partial charge < -0.3 is 5.32 Å². The maximum absolute atomic E-state index is 6.03. The predicted molar refractivity (Wildman–Crippen MR) is 71.6 cm³/mol. The van der Waals surface area contributed by atoms with Crippen molar-refractivity contribution in [1.82, 2.24) is 8.75 Å². The Morgan fingerprint density at radius 2 is 2.12 bits per heavy atom. The molecule has 1 aromatic heterocycles. The van der Waals surface area contributed by atoms with Gasteiger partial charge in [0.15, 0.2) is 11.0 Å². The number of halogens is 1. The van der Waals surface area contributed by atoms with Gasteiger partial charge in [0.2, 0.25) is 0 Å². The third kappa shape index (κ3) is 1.60. The van der Waals surface area contributed by atoms with Crippen LogP contribution in [0, 0.1) is 16.7 Å². The van der Waals surface area contributed by atoms with Crippen molar-refractivity contribution in [2.45, 2.75) is 46.1 Å². The number of rotatable bonds is 2. The predicted octanol–water partition coefficient (Wildman–Crippen LogP) is 3.82. The molecule has 0 amide bonds. The van der Waals surface area contributed by atoms with Gasteiger partial charge in [-0.2, -0.15) is 8.75 Å². The van der Waals surface area contributed by atoms with Crippen molar-refractivity contribution in [3.63, 3.8) is 0 Å². The van der Waals surface area contributed by atoms with Crippen LogP contribution in [0.25, 0.3) is 0 Å². The average molecular weight is 272 g/mol. The molecule has 5 heteroatoms. The van der Waals surface area contributed by atoms with Crippen LogP contribution in [-0.4, -0.2) is 14.8 Å². The van der Waals surface area contributed by atoms with Crippen LogP contribution in [0.4, 0.5) is 5.82 Å². The molecule has 3 rings (SSSR count). The highest BCUT2D eigenvalue weighted by molar-refractivity contribution is 6.99. The van der Waals surface area contributed by atoms with E-state index < -0.39 is 0 Å². The zero-order valence-electron chi connectivity index (χ0n) is 10.5. The SMILES string of the molecule is CC12CCC(C1)C(C)(C)C2Nc1nsnc1Cl. The van der Waals surface area contributed by atoms with Crippen LogP contribution in [-0.2, 0) is 0 Å². The van der Waals surface area contributed by atoms with Crippen LogP contribution in [0.5, 0.6) is 0 Å². The molecule has 3 unspecified atom stereocenters. The van der Waals surface area contributed by atoms with E-state index in [0.717, 1.165) is 11.7 Å². The summed E-state index contributed by atoms with van der Waals surface area (Å²) in [6.45, 7) is 7.13. The first kappa shape index (κ1) is 11.7. The molecule has 3 atom stereocenters. The largest absolute Gasteiger partial charge is 0.363 e. The fourth-order valence-electron chi connectivity index (χ4n) is 4.06. The first-order valence-electron chi connectivity index (χ1n) is 6.18. The lowest BCUT2D eigenvalue weighted by Gasteiger charge is -2.43. The number of nitrogens with one attached hydrogen (secondary N) is 1. The standard InChI is InChI=1S/C12H18ClN3S/c1-11(2)7-4-5-12(3,6-7)10(11)14-9-8(13)15-17-16-9/h7,10H,4-6H2,1-3H3,(H,14,16). The Kier molecular flexibility index (Phi) is 2.47. The van der Waals surface area contributed by atoms with Gasteiger partial charge in [0.1, 0.15) is 0 Å². The zero-order chi connectivity index (χ0) is 12.3. The first-order chi connectivity index (χ1) is 7.93. The Balaban J connectivity index is 1.90. The summed E-state index contributed by atoms with van der Waals surface area (Å²) in [5.74, 6) is 1.60. The summed E-state index contributed by atoms with van der Waals surface area (Å²) in [6, 6.07) is 0.454. The third-order valence-corrected chi connectivity index (χ3v) is 5.89. The van der Waals surface area contributed by atoms with E-state index in [9.17, 15) is 0 Å². The smallest absolute Gasteiger partial charge is 0.186 e. The van der Waals surface area contributed by atoms with Crippen LogP contribution < -0.4 is 5.32 Å². The number of hydrogen-bond acceptors (Lipinski definition) is 4. The third-order valence-electron chi connectivity index (χ3n) is 5.00. The van der Waals surface area contributed by atoms with E-state index in [2.05, 4.69) is 34.8 Å². The maximum atomic E-state index is 6.03. The number of aromatic nitrogens is 2. The second kappa shape index (κ2) is 3.58. The van der Waals surface area contributed by atoms with Crippen LogP contribution in [0.15, 0.2) is 0 Å². The van der Waals surface area contributed by atoms with E-state index >= 15 is 0 Å². The normalized spacial score (nSPS) is 38.6. The molecule has 0 aliphatic heterocycles.